The maximum absolute atomic E-state index is 14.6. The largest absolute Gasteiger partial charge is 0.345 e. The van der Waals surface area contributed by atoms with Gasteiger partial charge < -0.3 is 4.98 Å². The molecule has 0 aliphatic carbocycles. The number of nitrogens with zero attached hydrogens (tertiary/aromatic N) is 3. The molecule has 0 aliphatic rings. The van der Waals surface area contributed by atoms with Crippen molar-refractivity contribution < 1.29 is 13.6 Å². The van der Waals surface area contributed by atoms with Crippen molar-refractivity contribution in [3.63, 3.8) is 0 Å². The van der Waals surface area contributed by atoms with Gasteiger partial charge in [0.2, 0.25) is 5.78 Å². The highest BCUT2D eigenvalue weighted by Crippen LogP contribution is 2.30. The Hall–Kier alpha value is -3.87. The number of allylic oxidation sites excluding steroid dienone is 5. The molecule has 4 heterocycles. The van der Waals surface area contributed by atoms with Crippen LogP contribution >= 0.6 is 0 Å². The Kier molecular flexibility index (Phi) is 4.87. The molecule has 5 nitrogen and oxygen atoms in total. The Labute approximate surface area is 171 Å². The van der Waals surface area contributed by atoms with E-state index in [1.54, 1.807) is 18.5 Å². The van der Waals surface area contributed by atoms with Crippen LogP contribution in [0.4, 0.5) is 8.78 Å². The summed E-state index contributed by atoms with van der Waals surface area (Å²) in [6.07, 6.45) is 7.64. The second kappa shape index (κ2) is 7.51. The Bertz CT molecular complexity index is 1370. The van der Waals surface area contributed by atoms with E-state index in [2.05, 4.69) is 21.5 Å². The average Bonchev–Trinajstić information content (AvgIpc) is 3.39. The van der Waals surface area contributed by atoms with Crippen LogP contribution in [-0.4, -0.2) is 25.1 Å². The fraction of sp³-hybridized carbons (Fsp3) is 0.0870. The van der Waals surface area contributed by atoms with Gasteiger partial charge in [0.25, 0.3) is 0 Å². The minimum absolute atomic E-state index is 0.0270. The summed E-state index contributed by atoms with van der Waals surface area (Å²) in [5.74, 6) is -2.70. The summed E-state index contributed by atoms with van der Waals surface area (Å²) in [4.78, 5) is 24.6. The van der Waals surface area contributed by atoms with Crippen LogP contribution in [-0.2, 0) is 0 Å². The number of Topliss-reactive ketones (excluding diaryl/α,β-unsaturated/α-hetero) is 1. The molecule has 1 N–H and O–H groups in total. The monoisotopic (exact) mass is 404 g/mol. The van der Waals surface area contributed by atoms with E-state index < -0.39 is 23.0 Å². The van der Waals surface area contributed by atoms with Gasteiger partial charge in [-0.2, -0.15) is 0 Å². The summed E-state index contributed by atoms with van der Waals surface area (Å²) in [6, 6.07) is 7.41. The molecule has 0 radical (unpaired) electrons. The molecule has 150 valence electrons. The quantitative estimate of drug-likeness (QED) is 0.262. The number of aromatic amines is 1. The van der Waals surface area contributed by atoms with Crippen LogP contribution in [0.25, 0.3) is 27.9 Å². The van der Waals surface area contributed by atoms with Crippen LogP contribution in [0.1, 0.15) is 24.2 Å². The lowest BCUT2D eigenvalue weighted by Gasteiger charge is -2.08. The topological polar surface area (TPSA) is 63.0 Å². The Morgan fingerprint density at radius 1 is 1.27 bits per heavy atom. The van der Waals surface area contributed by atoms with Crippen LogP contribution < -0.4 is 0 Å². The lowest BCUT2D eigenvalue weighted by Crippen LogP contribution is -2.06. The number of H-pyrrole nitrogens is 1. The number of rotatable bonds is 5. The van der Waals surface area contributed by atoms with Gasteiger partial charge in [0.1, 0.15) is 22.9 Å². The van der Waals surface area contributed by atoms with Crippen molar-refractivity contribution in [2.75, 3.05) is 0 Å². The average molecular weight is 404 g/mol. The molecule has 0 bridgehead atoms. The van der Waals surface area contributed by atoms with Gasteiger partial charge in [0.15, 0.2) is 0 Å². The van der Waals surface area contributed by atoms with E-state index >= 15 is 0 Å². The van der Waals surface area contributed by atoms with Crippen LogP contribution in [0.3, 0.4) is 0 Å². The molecule has 0 aromatic carbocycles. The van der Waals surface area contributed by atoms with Crippen molar-refractivity contribution in [1.29, 1.82) is 0 Å². The number of pyridine rings is 2. The van der Waals surface area contributed by atoms with Crippen molar-refractivity contribution in [2.24, 2.45) is 0 Å². The Morgan fingerprint density at radius 2 is 2.07 bits per heavy atom. The van der Waals surface area contributed by atoms with Crippen molar-refractivity contribution in [1.82, 2.24) is 19.4 Å². The van der Waals surface area contributed by atoms with Crippen LogP contribution in [0.15, 0.2) is 84.5 Å². The number of hydrogen-bond donors (Lipinski definition) is 1. The molecule has 0 fully saturated rings. The van der Waals surface area contributed by atoms with Crippen LogP contribution in [0.5, 0.6) is 0 Å². The van der Waals surface area contributed by atoms with Gasteiger partial charge >= 0.3 is 0 Å². The first kappa shape index (κ1) is 19.4. The molecular weight excluding hydrogens is 386 g/mol. The minimum Gasteiger partial charge on any atom is -0.345 e. The molecule has 0 saturated heterocycles. The SMILES string of the molecule is C=C(C)/C(F)=C(C(=O)c1c[nH]c2ncc(-c3cccc4nccn34)cc12)\C(F)=C/C. The maximum Gasteiger partial charge on any atom is 0.201 e. The third-order valence-corrected chi connectivity index (χ3v) is 4.81. The standard InChI is InChI=1S/C23H18F2N4O/c1-4-17(24)20(21(25)13(2)3)22(30)16-12-28-23-15(16)10-14(11-27-23)18-6-5-7-19-26-8-9-29(18)19/h4-12H,2H2,1,3H3,(H,27,28)/b17-4+,21-20-. The van der Waals surface area contributed by atoms with Gasteiger partial charge in [-0.1, -0.05) is 18.7 Å². The van der Waals surface area contributed by atoms with Crippen LogP contribution in [0.2, 0.25) is 0 Å². The zero-order valence-corrected chi connectivity index (χ0v) is 16.4. The molecule has 0 aliphatic heterocycles. The van der Waals surface area contributed by atoms with Crippen molar-refractivity contribution in [3.05, 3.63) is 90.1 Å². The summed E-state index contributed by atoms with van der Waals surface area (Å²) in [5.41, 5.74) is 2.21. The lowest BCUT2D eigenvalue weighted by molar-refractivity contribution is 0.103. The van der Waals surface area contributed by atoms with Crippen LogP contribution in [0, 0.1) is 0 Å². The number of aromatic nitrogens is 4. The molecule has 7 heteroatoms. The summed E-state index contributed by atoms with van der Waals surface area (Å²) >= 11 is 0. The van der Waals surface area contributed by atoms with E-state index in [9.17, 15) is 13.6 Å². The lowest BCUT2D eigenvalue weighted by atomic mass is 9.98. The molecule has 0 amide bonds. The van der Waals surface area contributed by atoms with Gasteiger partial charge in [-0.25, -0.2) is 18.7 Å². The van der Waals surface area contributed by atoms with Crippen molar-refractivity contribution >= 4 is 22.5 Å². The second-order valence-electron chi connectivity index (χ2n) is 6.82. The summed E-state index contributed by atoms with van der Waals surface area (Å²) in [5, 5.41) is 0.463. The second-order valence-corrected chi connectivity index (χ2v) is 6.82. The number of imidazole rings is 1. The first-order valence-electron chi connectivity index (χ1n) is 9.24. The Morgan fingerprint density at radius 3 is 2.80 bits per heavy atom. The van der Waals surface area contributed by atoms with E-state index in [1.807, 2.05) is 28.8 Å². The van der Waals surface area contributed by atoms with Gasteiger partial charge in [0.05, 0.1) is 11.3 Å². The fourth-order valence-corrected chi connectivity index (χ4v) is 3.32. The van der Waals surface area contributed by atoms with Gasteiger partial charge in [-0.15, -0.1) is 0 Å². The summed E-state index contributed by atoms with van der Waals surface area (Å²) < 4.78 is 30.9. The zero-order chi connectivity index (χ0) is 21.4. The molecule has 30 heavy (non-hydrogen) atoms. The van der Waals surface area contributed by atoms with Gasteiger partial charge in [0, 0.05) is 41.3 Å². The number of carbonyl (C=O) groups excluding carboxylic acids is 1. The zero-order valence-electron chi connectivity index (χ0n) is 16.4. The van der Waals surface area contributed by atoms with E-state index in [-0.39, 0.29) is 11.1 Å². The molecule has 4 aromatic heterocycles. The predicted octanol–water partition coefficient (Wildman–Crippen LogP) is 5.73. The molecule has 4 rings (SSSR count). The molecular formula is C23H18F2N4O. The summed E-state index contributed by atoms with van der Waals surface area (Å²) in [6.45, 7) is 6.27. The van der Waals surface area contributed by atoms with Gasteiger partial charge in [-0.3, -0.25) is 9.20 Å². The van der Waals surface area contributed by atoms with E-state index in [4.69, 9.17) is 0 Å². The first-order chi connectivity index (χ1) is 14.4. The van der Waals surface area contributed by atoms with E-state index in [0.29, 0.717) is 11.0 Å². The molecule has 0 spiro atoms. The summed E-state index contributed by atoms with van der Waals surface area (Å²) in [7, 11) is 0. The number of halogens is 2. The number of hydrogen-bond acceptors (Lipinski definition) is 3. The number of carbonyl (C=O) groups is 1. The maximum atomic E-state index is 14.6. The number of fused-ring (bicyclic) bond motifs is 2. The highest BCUT2D eigenvalue weighted by atomic mass is 19.1. The third-order valence-electron chi connectivity index (χ3n) is 4.81. The number of nitrogens with one attached hydrogen (secondary N) is 1. The van der Waals surface area contributed by atoms with E-state index in [1.165, 1.54) is 20.0 Å². The van der Waals surface area contributed by atoms with Crippen molar-refractivity contribution in [2.45, 2.75) is 13.8 Å². The van der Waals surface area contributed by atoms with E-state index in [0.717, 1.165) is 23.0 Å². The molecule has 4 aromatic rings. The number of ketones is 1. The molecule has 0 unspecified atom stereocenters. The Balaban J connectivity index is 1.90. The highest BCUT2D eigenvalue weighted by Gasteiger charge is 2.25. The fourth-order valence-electron chi connectivity index (χ4n) is 3.32. The first-order valence-corrected chi connectivity index (χ1v) is 9.24. The highest BCUT2D eigenvalue weighted by molar-refractivity contribution is 6.18. The minimum atomic E-state index is -0.975. The normalized spacial score (nSPS) is 13.0. The predicted molar refractivity (Wildman–Crippen MR) is 112 cm³/mol. The smallest absolute Gasteiger partial charge is 0.201 e. The van der Waals surface area contributed by atoms with Gasteiger partial charge in [-0.05, 0) is 37.6 Å². The molecule has 0 atom stereocenters. The molecule has 0 saturated carbocycles. The van der Waals surface area contributed by atoms with Crippen molar-refractivity contribution in [3.8, 4) is 11.3 Å². The third kappa shape index (κ3) is 3.14.